The van der Waals surface area contributed by atoms with Gasteiger partial charge in [0.15, 0.2) is 0 Å². The maximum Gasteiger partial charge on any atom is 0.284 e. The average molecular weight is 414 g/mol. The van der Waals surface area contributed by atoms with Crippen LogP contribution >= 0.6 is 0 Å². The smallest absolute Gasteiger partial charge is 0.268 e. The molecule has 7 nitrogen and oxygen atoms in total. The van der Waals surface area contributed by atoms with Gasteiger partial charge >= 0.3 is 0 Å². The summed E-state index contributed by atoms with van der Waals surface area (Å²) in [6, 6.07) is 5.83. The molecule has 2 aliphatic heterocycles. The van der Waals surface area contributed by atoms with Crippen molar-refractivity contribution < 1.29 is 22.8 Å². The number of amides is 3. The fourth-order valence-electron chi connectivity index (χ4n) is 6.21. The third-order valence-corrected chi connectivity index (χ3v) is 9.82. The van der Waals surface area contributed by atoms with Crippen LogP contribution < -0.4 is 0 Å². The number of rotatable bonds is 2. The first kappa shape index (κ1) is 18.5. The second-order valence-corrected chi connectivity index (χ2v) is 11.0. The maximum absolute atomic E-state index is 13.3. The van der Waals surface area contributed by atoms with Crippen LogP contribution in [-0.4, -0.2) is 47.1 Å². The van der Waals surface area contributed by atoms with E-state index >= 15 is 0 Å². The van der Waals surface area contributed by atoms with Crippen molar-refractivity contribution in [2.75, 3.05) is 5.75 Å². The SMILES string of the molecule is C=C(C(=O)N1[C@H]2C[C@@H]3CC[C@@]2(CS1(=O)=O)C3(C)C)N1C(=O)c2ccccc2C1=O. The topological polar surface area (TPSA) is 91.8 Å². The van der Waals surface area contributed by atoms with Gasteiger partial charge in [0, 0.05) is 5.41 Å². The molecule has 5 rings (SSSR count). The second kappa shape index (κ2) is 5.36. The van der Waals surface area contributed by atoms with Crippen LogP contribution in [0.25, 0.3) is 0 Å². The van der Waals surface area contributed by atoms with Gasteiger partial charge in [0.05, 0.1) is 22.9 Å². The van der Waals surface area contributed by atoms with Crippen molar-refractivity contribution in [3.8, 4) is 0 Å². The number of carbonyl (C=O) groups excluding carboxylic acids is 3. The molecular weight excluding hydrogens is 392 g/mol. The normalized spacial score (nSPS) is 33.2. The van der Waals surface area contributed by atoms with Crippen molar-refractivity contribution in [3.63, 3.8) is 0 Å². The lowest BCUT2D eigenvalue weighted by atomic mass is 9.69. The number of hydrogen-bond donors (Lipinski definition) is 0. The Hall–Kier alpha value is -2.48. The largest absolute Gasteiger partial charge is 0.284 e. The van der Waals surface area contributed by atoms with Crippen molar-refractivity contribution in [1.29, 1.82) is 0 Å². The van der Waals surface area contributed by atoms with Gasteiger partial charge in [0.2, 0.25) is 10.0 Å². The Labute approximate surface area is 169 Å². The molecule has 0 aromatic heterocycles. The fourth-order valence-corrected chi connectivity index (χ4v) is 8.75. The standard InChI is InChI=1S/C21H22N2O5S/c1-12(22-18(25)14-6-4-5-7-15(14)19(22)26)17(24)23-16-10-13-8-9-21(16,20(13,2)3)11-29(23,27)28/h4-7,13,16H,1,8-11H2,2-3H3/t13-,16-,21-/m0/s1. The van der Waals surface area contributed by atoms with E-state index in [0.29, 0.717) is 17.2 Å². The number of imide groups is 1. The third kappa shape index (κ3) is 2.02. The lowest BCUT2D eigenvalue weighted by Gasteiger charge is -2.37. The molecule has 0 N–H and O–H groups in total. The van der Waals surface area contributed by atoms with E-state index < -0.39 is 44.9 Å². The molecule has 29 heavy (non-hydrogen) atoms. The predicted octanol–water partition coefficient (Wildman–Crippen LogP) is 2.16. The van der Waals surface area contributed by atoms with E-state index in [2.05, 4.69) is 20.4 Å². The second-order valence-electron chi connectivity index (χ2n) is 9.16. The summed E-state index contributed by atoms with van der Waals surface area (Å²) < 4.78 is 27.1. The summed E-state index contributed by atoms with van der Waals surface area (Å²) in [5.41, 5.74) is -0.690. The maximum atomic E-state index is 13.3. The van der Waals surface area contributed by atoms with E-state index in [9.17, 15) is 22.8 Å². The lowest BCUT2D eigenvalue weighted by molar-refractivity contribution is -0.126. The first-order valence-electron chi connectivity index (χ1n) is 9.76. The van der Waals surface area contributed by atoms with Crippen LogP contribution in [0.1, 0.15) is 53.8 Å². The van der Waals surface area contributed by atoms with Gasteiger partial charge in [-0.15, -0.1) is 0 Å². The van der Waals surface area contributed by atoms with Gasteiger partial charge in [-0.1, -0.05) is 32.6 Å². The zero-order valence-corrected chi connectivity index (χ0v) is 17.2. The molecule has 3 fully saturated rings. The van der Waals surface area contributed by atoms with Gasteiger partial charge in [-0.3, -0.25) is 14.4 Å². The predicted molar refractivity (Wildman–Crippen MR) is 104 cm³/mol. The zero-order valence-electron chi connectivity index (χ0n) is 16.3. The highest BCUT2D eigenvalue weighted by Gasteiger charge is 2.72. The number of fused-ring (bicyclic) bond motifs is 2. The minimum Gasteiger partial charge on any atom is -0.268 e. The molecule has 2 saturated carbocycles. The Morgan fingerprint density at radius 1 is 1.14 bits per heavy atom. The molecule has 1 aromatic rings. The highest BCUT2D eigenvalue weighted by atomic mass is 32.2. The summed E-state index contributed by atoms with van der Waals surface area (Å²) in [5, 5.41) is 0. The van der Waals surface area contributed by atoms with Crippen molar-refractivity contribution in [2.24, 2.45) is 16.7 Å². The number of carbonyl (C=O) groups is 3. The molecule has 2 aliphatic carbocycles. The monoisotopic (exact) mass is 414 g/mol. The first-order valence-corrected chi connectivity index (χ1v) is 11.4. The van der Waals surface area contributed by atoms with Gasteiger partial charge < -0.3 is 0 Å². The molecule has 3 amide bonds. The van der Waals surface area contributed by atoms with E-state index in [0.717, 1.165) is 17.1 Å². The highest BCUT2D eigenvalue weighted by Crippen LogP contribution is 2.70. The Kier molecular flexibility index (Phi) is 3.42. The molecule has 2 heterocycles. The Morgan fingerprint density at radius 3 is 2.28 bits per heavy atom. The quantitative estimate of drug-likeness (QED) is 0.546. The molecular formula is C21H22N2O5S. The van der Waals surface area contributed by atoms with E-state index in [1.54, 1.807) is 12.1 Å². The number of hydrogen-bond acceptors (Lipinski definition) is 5. The van der Waals surface area contributed by atoms with Crippen molar-refractivity contribution in [3.05, 3.63) is 47.7 Å². The molecule has 1 spiro atoms. The summed E-state index contributed by atoms with van der Waals surface area (Å²) in [7, 11) is -3.86. The van der Waals surface area contributed by atoms with E-state index in [1.165, 1.54) is 12.1 Å². The molecule has 8 heteroatoms. The zero-order chi connectivity index (χ0) is 20.9. The van der Waals surface area contributed by atoms with Crippen molar-refractivity contribution in [1.82, 2.24) is 9.21 Å². The molecule has 0 radical (unpaired) electrons. The van der Waals surface area contributed by atoms with Crippen LogP contribution in [0, 0.1) is 16.7 Å². The molecule has 1 aromatic carbocycles. The minimum absolute atomic E-state index is 0.0741. The fraction of sp³-hybridized carbons (Fsp3) is 0.476. The van der Waals surface area contributed by atoms with Crippen LogP contribution in [-0.2, 0) is 14.8 Å². The van der Waals surface area contributed by atoms with Gasteiger partial charge in [-0.2, -0.15) is 0 Å². The summed E-state index contributed by atoms with van der Waals surface area (Å²) in [6.45, 7) is 7.85. The van der Waals surface area contributed by atoms with E-state index in [4.69, 9.17) is 0 Å². The summed E-state index contributed by atoms with van der Waals surface area (Å²) in [6.07, 6.45) is 2.34. The Morgan fingerprint density at radius 2 is 1.72 bits per heavy atom. The Bertz CT molecular complexity index is 1090. The first-order chi connectivity index (χ1) is 13.5. The summed E-state index contributed by atoms with van der Waals surface area (Å²) >= 11 is 0. The average Bonchev–Trinajstić information content (AvgIpc) is 3.23. The van der Waals surface area contributed by atoms with Gasteiger partial charge in [-0.25, -0.2) is 17.6 Å². The van der Waals surface area contributed by atoms with E-state index in [-0.39, 0.29) is 22.3 Å². The summed E-state index contributed by atoms with van der Waals surface area (Å²) in [4.78, 5) is 39.5. The van der Waals surface area contributed by atoms with Gasteiger partial charge in [0.25, 0.3) is 17.7 Å². The van der Waals surface area contributed by atoms with Crippen molar-refractivity contribution >= 4 is 27.7 Å². The van der Waals surface area contributed by atoms with Crippen LogP contribution in [0.4, 0.5) is 0 Å². The van der Waals surface area contributed by atoms with E-state index in [1.807, 2.05) is 0 Å². The molecule has 4 aliphatic rings. The van der Waals surface area contributed by atoms with Crippen molar-refractivity contribution in [2.45, 2.75) is 39.2 Å². The molecule has 152 valence electrons. The van der Waals surface area contributed by atoms with Crippen LogP contribution in [0.15, 0.2) is 36.5 Å². The highest BCUT2D eigenvalue weighted by molar-refractivity contribution is 7.90. The van der Waals surface area contributed by atoms with Gasteiger partial charge in [0.1, 0.15) is 5.70 Å². The number of nitrogens with zero attached hydrogens (tertiary/aromatic N) is 2. The molecule has 3 atom stereocenters. The van der Waals surface area contributed by atoms with Crippen LogP contribution in [0.5, 0.6) is 0 Å². The van der Waals surface area contributed by atoms with Crippen LogP contribution in [0.3, 0.4) is 0 Å². The Balaban J connectivity index is 1.51. The summed E-state index contributed by atoms with van der Waals surface area (Å²) in [5.74, 6) is -1.89. The van der Waals surface area contributed by atoms with Crippen LogP contribution in [0.2, 0.25) is 0 Å². The molecule has 1 saturated heterocycles. The third-order valence-electron chi connectivity index (χ3n) is 7.92. The minimum atomic E-state index is -3.86. The lowest BCUT2D eigenvalue weighted by Crippen LogP contribution is -2.47. The number of benzene rings is 1. The number of sulfonamides is 1. The molecule has 2 bridgehead atoms. The van der Waals surface area contributed by atoms with Gasteiger partial charge in [-0.05, 0) is 42.7 Å². The molecule has 0 unspecified atom stereocenters.